The number of aryl methyl sites for hydroxylation is 1. The molecule has 7 nitrogen and oxygen atoms in total. The quantitative estimate of drug-likeness (QED) is 0.730. The topological polar surface area (TPSA) is 81.8 Å². The Bertz CT molecular complexity index is 903. The number of carbonyl (C=O) groups excluding carboxylic acids is 1. The molecule has 1 amide bonds. The Balaban J connectivity index is 1.53. The number of benzene rings is 2. The van der Waals surface area contributed by atoms with Crippen LogP contribution in [-0.2, 0) is 17.6 Å². The van der Waals surface area contributed by atoms with Gasteiger partial charge >= 0.3 is 5.69 Å². The zero-order valence-electron chi connectivity index (χ0n) is 13.6. The molecule has 3 rings (SSSR count). The number of hydrogen-bond acceptors (Lipinski definition) is 5. The Kier molecular flexibility index (Phi) is 5.30. The fourth-order valence-corrected chi connectivity index (χ4v) is 2.98. The maximum Gasteiger partial charge on any atom is 0.368 e. The van der Waals surface area contributed by atoms with E-state index in [1.165, 1.54) is 17.3 Å². The number of rotatable bonds is 6. The van der Waals surface area contributed by atoms with Gasteiger partial charge in [-0.1, -0.05) is 30.3 Å². The van der Waals surface area contributed by atoms with E-state index in [9.17, 15) is 9.59 Å². The van der Waals surface area contributed by atoms with Gasteiger partial charge in [-0.25, -0.2) is 4.79 Å². The third-order valence-electron chi connectivity index (χ3n) is 3.46. The van der Waals surface area contributed by atoms with Crippen LogP contribution >= 0.6 is 11.8 Å². The van der Waals surface area contributed by atoms with Gasteiger partial charge < -0.3 is 5.32 Å². The standard InChI is InChI=1S/C17H17N5O2S/c1-21-17(24)22(20-19-21)15-9-7-14(8-10-15)18-16(23)12-25-11-13-5-3-2-4-6-13/h2-10H,11-12H2,1H3,(H,18,23). The maximum atomic E-state index is 12.0. The molecule has 0 saturated carbocycles. The van der Waals surface area contributed by atoms with E-state index in [0.29, 0.717) is 17.1 Å². The van der Waals surface area contributed by atoms with Crippen LogP contribution in [0.15, 0.2) is 59.4 Å². The second kappa shape index (κ2) is 7.80. The Morgan fingerprint density at radius 3 is 2.44 bits per heavy atom. The predicted molar refractivity (Wildman–Crippen MR) is 97.8 cm³/mol. The number of nitrogens with one attached hydrogen (secondary N) is 1. The maximum absolute atomic E-state index is 12.0. The molecule has 1 heterocycles. The van der Waals surface area contributed by atoms with Crippen LogP contribution in [0.2, 0.25) is 0 Å². The van der Waals surface area contributed by atoms with E-state index in [1.807, 2.05) is 30.3 Å². The van der Waals surface area contributed by atoms with Gasteiger partial charge in [-0.2, -0.15) is 9.36 Å². The summed E-state index contributed by atoms with van der Waals surface area (Å²) in [5, 5.41) is 10.3. The summed E-state index contributed by atoms with van der Waals surface area (Å²) in [6.45, 7) is 0. The van der Waals surface area contributed by atoms with Crippen molar-refractivity contribution in [2.45, 2.75) is 5.75 Å². The molecule has 3 aromatic rings. The van der Waals surface area contributed by atoms with E-state index in [4.69, 9.17) is 0 Å². The number of hydrogen-bond donors (Lipinski definition) is 1. The Hall–Kier alpha value is -2.87. The number of amides is 1. The SMILES string of the molecule is Cn1nnn(-c2ccc(NC(=O)CSCc3ccccc3)cc2)c1=O. The lowest BCUT2D eigenvalue weighted by Crippen LogP contribution is -2.21. The lowest BCUT2D eigenvalue weighted by molar-refractivity contribution is -0.113. The van der Waals surface area contributed by atoms with Crippen molar-refractivity contribution in [1.82, 2.24) is 19.8 Å². The Morgan fingerprint density at radius 1 is 1.08 bits per heavy atom. The first-order chi connectivity index (χ1) is 12.1. The molecular weight excluding hydrogens is 338 g/mol. The van der Waals surface area contributed by atoms with E-state index in [-0.39, 0.29) is 11.6 Å². The largest absolute Gasteiger partial charge is 0.368 e. The Labute approximate surface area is 148 Å². The molecule has 0 radical (unpaired) electrons. The first-order valence-corrected chi connectivity index (χ1v) is 8.80. The lowest BCUT2D eigenvalue weighted by atomic mass is 10.2. The van der Waals surface area contributed by atoms with Crippen LogP contribution < -0.4 is 11.0 Å². The van der Waals surface area contributed by atoms with E-state index in [2.05, 4.69) is 15.7 Å². The monoisotopic (exact) mass is 355 g/mol. The molecule has 0 fully saturated rings. The van der Waals surface area contributed by atoms with Crippen LogP contribution in [0, 0.1) is 0 Å². The van der Waals surface area contributed by atoms with Gasteiger partial charge in [0.25, 0.3) is 0 Å². The molecule has 1 N–H and O–H groups in total. The molecule has 0 unspecified atom stereocenters. The number of nitrogens with zero attached hydrogens (tertiary/aromatic N) is 4. The fraction of sp³-hybridized carbons (Fsp3) is 0.176. The predicted octanol–water partition coefficient (Wildman–Crippen LogP) is 1.84. The first kappa shape index (κ1) is 17.0. The molecule has 0 aliphatic rings. The van der Waals surface area contributed by atoms with Crippen molar-refractivity contribution in [3.05, 3.63) is 70.6 Å². The van der Waals surface area contributed by atoms with Crippen molar-refractivity contribution in [2.24, 2.45) is 7.05 Å². The molecule has 8 heteroatoms. The average molecular weight is 355 g/mol. The highest BCUT2D eigenvalue weighted by atomic mass is 32.2. The molecule has 25 heavy (non-hydrogen) atoms. The van der Waals surface area contributed by atoms with E-state index < -0.39 is 0 Å². The highest BCUT2D eigenvalue weighted by molar-refractivity contribution is 7.99. The third-order valence-corrected chi connectivity index (χ3v) is 4.47. The second-order valence-electron chi connectivity index (χ2n) is 5.37. The normalized spacial score (nSPS) is 10.6. The van der Waals surface area contributed by atoms with Crippen LogP contribution in [-0.4, -0.2) is 31.5 Å². The van der Waals surface area contributed by atoms with Crippen molar-refractivity contribution in [3.8, 4) is 5.69 Å². The van der Waals surface area contributed by atoms with Gasteiger partial charge in [0.05, 0.1) is 11.4 Å². The summed E-state index contributed by atoms with van der Waals surface area (Å²) in [5.74, 6) is 1.11. The number of aromatic nitrogens is 4. The number of thioether (sulfide) groups is 1. The fourth-order valence-electron chi connectivity index (χ4n) is 2.19. The minimum absolute atomic E-state index is 0.0645. The third kappa shape index (κ3) is 4.36. The van der Waals surface area contributed by atoms with Crippen LogP contribution in [0.1, 0.15) is 5.56 Å². The minimum atomic E-state index is -0.325. The molecule has 0 spiro atoms. The highest BCUT2D eigenvalue weighted by Gasteiger charge is 2.07. The van der Waals surface area contributed by atoms with E-state index in [1.54, 1.807) is 36.0 Å². The van der Waals surface area contributed by atoms with Crippen molar-refractivity contribution in [1.29, 1.82) is 0 Å². The molecule has 2 aromatic carbocycles. The van der Waals surface area contributed by atoms with Crippen molar-refractivity contribution >= 4 is 23.4 Å². The van der Waals surface area contributed by atoms with Crippen LogP contribution in [0.25, 0.3) is 5.69 Å². The van der Waals surface area contributed by atoms with Crippen LogP contribution in [0.3, 0.4) is 0 Å². The minimum Gasteiger partial charge on any atom is -0.325 e. The summed E-state index contributed by atoms with van der Waals surface area (Å²) in [7, 11) is 1.54. The smallest absolute Gasteiger partial charge is 0.325 e. The first-order valence-electron chi connectivity index (χ1n) is 7.64. The second-order valence-corrected chi connectivity index (χ2v) is 6.36. The summed E-state index contributed by atoms with van der Waals surface area (Å²) >= 11 is 1.56. The molecule has 0 saturated heterocycles. The average Bonchev–Trinajstić information content (AvgIpc) is 2.96. The molecule has 0 atom stereocenters. The number of carbonyl (C=O) groups is 1. The highest BCUT2D eigenvalue weighted by Crippen LogP contribution is 2.14. The van der Waals surface area contributed by atoms with Gasteiger partial charge in [0.15, 0.2) is 0 Å². The van der Waals surface area contributed by atoms with Gasteiger partial charge in [-0.3, -0.25) is 4.79 Å². The molecular formula is C17H17N5O2S. The van der Waals surface area contributed by atoms with Crippen molar-refractivity contribution < 1.29 is 4.79 Å². The van der Waals surface area contributed by atoms with Crippen molar-refractivity contribution in [2.75, 3.05) is 11.1 Å². The Morgan fingerprint density at radius 2 is 1.80 bits per heavy atom. The molecule has 0 bridgehead atoms. The molecule has 0 aliphatic heterocycles. The lowest BCUT2D eigenvalue weighted by Gasteiger charge is -2.06. The summed E-state index contributed by atoms with van der Waals surface area (Å²) in [4.78, 5) is 23.8. The zero-order valence-corrected chi connectivity index (χ0v) is 14.4. The number of tetrazole rings is 1. The molecule has 0 aliphatic carbocycles. The summed E-state index contributed by atoms with van der Waals surface area (Å²) in [5.41, 5.74) is 2.13. The summed E-state index contributed by atoms with van der Waals surface area (Å²) in [6.07, 6.45) is 0. The van der Waals surface area contributed by atoms with E-state index in [0.717, 1.165) is 10.4 Å². The molecule has 1 aromatic heterocycles. The van der Waals surface area contributed by atoms with Crippen LogP contribution in [0.4, 0.5) is 5.69 Å². The van der Waals surface area contributed by atoms with Gasteiger partial charge in [-0.05, 0) is 40.3 Å². The van der Waals surface area contributed by atoms with Gasteiger partial charge in [-0.15, -0.1) is 11.8 Å². The van der Waals surface area contributed by atoms with Crippen LogP contribution in [0.5, 0.6) is 0 Å². The van der Waals surface area contributed by atoms with E-state index >= 15 is 0 Å². The van der Waals surface area contributed by atoms with Gasteiger partial charge in [0, 0.05) is 18.5 Å². The van der Waals surface area contributed by atoms with Crippen molar-refractivity contribution in [3.63, 3.8) is 0 Å². The summed E-state index contributed by atoms with van der Waals surface area (Å²) < 4.78 is 2.35. The summed E-state index contributed by atoms with van der Waals surface area (Å²) in [6, 6.07) is 16.9. The molecule has 128 valence electrons. The van der Waals surface area contributed by atoms with Gasteiger partial charge in [0.2, 0.25) is 5.91 Å². The zero-order chi connectivity index (χ0) is 17.6. The number of anilines is 1. The van der Waals surface area contributed by atoms with Gasteiger partial charge in [0.1, 0.15) is 0 Å².